The molecule has 0 aliphatic heterocycles. The van der Waals surface area contributed by atoms with Crippen molar-refractivity contribution in [2.24, 2.45) is 0 Å². The van der Waals surface area contributed by atoms with Gasteiger partial charge in [0.15, 0.2) is 11.5 Å². The molecule has 0 radical (unpaired) electrons. The Bertz CT molecular complexity index is 548. The third-order valence-electron chi connectivity index (χ3n) is 4.49. The zero-order chi connectivity index (χ0) is 17.3. The zero-order valence-corrected chi connectivity index (χ0v) is 14.5. The Labute approximate surface area is 144 Å². The number of nitrogens with one attached hydrogen (secondary N) is 1. The van der Waals surface area contributed by atoms with Crippen LogP contribution in [0.1, 0.15) is 50.5 Å². The van der Waals surface area contributed by atoms with E-state index in [1.165, 1.54) is 6.42 Å². The Morgan fingerprint density at radius 2 is 2.04 bits per heavy atom. The van der Waals surface area contributed by atoms with Crippen LogP contribution in [0.2, 0.25) is 0 Å². The average Bonchev–Trinajstić information content (AvgIpc) is 2.59. The molecule has 1 aliphatic rings. The zero-order valence-electron chi connectivity index (χ0n) is 14.5. The molecular formula is C19H28N2O3. The van der Waals surface area contributed by atoms with E-state index in [4.69, 9.17) is 14.7 Å². The Morgan fingerprint density at radius 1 is 1.25 bits per heavy atom. The molecule has 132 valence electrons. The van der Waals surface area contributed by atoms with E-state index in [0.29, 0.717) is 44.0 Å². The minimum absolute atomic E-state index is 0.488. The van der Waals surface area contributed by atoms with Crippen molar-refractivity contribution in [3.8, 4) is 17.6 Å². The number of hydrogen-bond acceptors (Lipinski definition) is 5. The SMILES string of the molecule is COc1ccc(CNCC2(O)CCCCC2)cc1OCCCC#N. The van der Waals surface area contributed by atoms with Gasteiger partial charge in [0.1, 0.15) is 0 Å². The molecular weight excluding hydrogens is 304 g/mol. The first-order valence-electron chi connectivity index (χ1n) is 8.77. The van der Waals surface area contributed by atoms with Crippen molar-refractivity contribution in [2.75, 3.05) is 20.3 Å². The fraction of sp³-hybridized carbons (Fsp3) is 0.632. The Hall–Kier alpha value is -1.77. The van der Waals surface area contributed by atoms with Gasteiger partial charge in [-0.3, -0.25) is 0 Å². The van der Waals surface area contributed by atoms with E-state index in [-0.39, 0.29) is 0 Å². The molecule has 0 amide bonds. The second-order valence-electron chi connectivity index (χ2n) is 6.48. The van der Waals surface area contributed by atoms with Gasteiger partial charge >= 0.3 is 0 Å². The summed E-state index contributed by atoms with van der Waals surface area (Å²) in [6, 6.07) is 7.97. The van der Waals surface area contributed by atoms with Crippen molar-refractivity contribution >= 4 is 0 Å². The molecule has 0 unspecified atom stereocenters. The molecule has 0 aromatic heterocycles. The minimum atomic E-state index is -0.554. The van der Waals surface area contributed by atoms with Crippen LogP contribution in [0.3, 0.4) is 0 Å². The van der Waals surface area contributed by atoms with Crippen LogP contribution < -0.4 is 14.8 Å². The van der Waals surface area contributed by atoms with Crippen LogP contribution in [-0.4, -0.2) is 31.0 Å². The summed E-state index contributed by atoms with van der Waals surface area (Å²) in [6.07, 6.45) is 6.42. The second kappa shape index (κ2) is 9.51. The quantitative estimate of drug-likeness (QED) is 0.680. The van der Waals surface area contributed by atoms with Crippen molar-refractivity contribution in [3.63, 3.8) is 0 Å². The van der Waals surface area contributed by atoms with Gasteiger partial charge in [0.2, 0.25) is 0 Å². The summed E-state index contributed by atoms with van der Waals surface area (Å²) in [7, 11) is 1.62. The standard InChI is InChI=1S/C19H28N2O3/c1-23-17-8-7-16(13-18(17)24-12-6-5-11-20)14-21-15-19(22)9-3-2-4-10-19/h7-8,13,21-22H,2-6,9-10,12,14-15H2,1H3. The lowest BCUT2D eigenvalue weighted by Crippen LogP contribution is -2.41. The normalized spacial score (nSPS) is 16.4. The summed E-state index contributed by atoms with van der Waals surface area (Å²) >= 11 is 0. The summed E-state index contributed by atoms with van der Waals surface area (Å²) < 4.78 is 11.1. The lowest BCUT2D eigenvalue weighted by atomic mass is 9.85. The van der Waals surface area contributed by atoms with Gasteiger partial charge in [-0.1, -0.05) is 25.3 Å². The van der Waals surface area contributed by atoms with Gasteiger partial charge < -0.3 is 19.9 Å². The molecule has 0 bridgehead atoms. The van der Waals surface area contributed by atoms with Crippen LogP contribution in [0, 0.1) is 11.3 Å². The highest BCUT2D eigenvalue weighted by Crippen LogP contribution is 2.29. The Morgan fingerprint density at radius 3 is 2.75 bits per heavy atom. The number of hydrogen-bond donors (Lipinski definition) is 2. The molecule has 24 heavy (non-hydrogen) atoms. The molecule has 1 aromatic rings. The molecule has 1 saturated carbocycles. The molecule has 1 fully saturated rings. The number of rotatable bonds is 9. The van der Waals surface area contributed by atoms with Crippen LogP contribution in [0.4, 0.5) is 0 Å². The van der Waals surface area contributed by atoms with Crippen LogP contribution in [0.15, 0.2) is 18.2 Å². The van der Waals surface area contributed by atoms with Gasteiger partial charge in [-0.05, 0) is 37.0 Å². The molecule has 5 heteroatoms. The maximum absolute atomic E-state index is 10.5. The van der Waals surface area contributed by atoms with Gasteiger partial charge in [0.05, 0.1) is 25.4 Å². The fourth-order valence-corrected chi connectivity index (χ4v) is 3.10. The fourth-order valence-electron chi connectivity index (χ4n) is 3.10. The lowest BCUT2D eigenvalue weighted by Gasteiger charge is -2.32. The van der Waals surface area contributed by atoms with Gasteiger partial charge in [-0.2, -0.15) is 5.26 Å². The summed E-state index contributed by atoms with van der Waals surface area (Å²) in [4.78, 5) is 0. The molecule has 1 aromatic carbocycles. The van der Waals surface area contributed by atoms with Gasteiger partial charge in [-0.15, -0.1) is 0 Å². The monoisotopic (exact) mass is 332 g/mol. The summed E-state index contributed by atoms with van der Waals surface area (Å²) in [6.45, 7) is 1.80. The number of nitrogens with zero attached hydrogens (tertiary/aromatic N) is 1. The first-order chi connectivity index (χ1) is 11.7. The van der Waals surface area contributed by atoms with Crippen molar-refractivity contribution in [3.05, 3.63) is 23.8 Å². The molecule has 1 aliphatic carbocycles. The van der Waals surface area contributed by atoms with E-state index in [2.05, 4.69) is 11.4 Å². The smallest absolute Gasteiger partial charge is 0.161 e. The van der Waals surface area contributed by atoms with Crippen LogP contribution in [0.5, 0.6) is 11.5 Å². The predicted octanol–water partition coefficient (Wildman–Crippen LogP) is 3.16. The summed E-state index contributed by atoms with van der Waals surface area (Å²) in [5, 5.41) is 22.5. The number of unbranched alkanes of at least 4 members (excludes halogenated alkanes) is 1. The van der Waals surface area contributed by atoms with Crippen molar-refractivity contribution in [1.29, 1.82) is 5.26 Å². The first kappa shape index (κ1) is 18.6. The van der Waals surface area contributed by atoms with E-state index in [0.717, 1.165) is 31.2 Å². The van der Waals surface area contributed by atoms with Crippen LogP contribution in [0.25, 0.3) is 0 Å². The Kier molecular flexibility index (Phi) is 7.36. The van der Waals surface area contributed by atoms with Crippen LogP contribution >= 0.6 is 0 Å². The maximum Gasteiger partial charge on any atom is 0.161 e. The van der Waals surface area contributed by atoms with Crippen molar-refractivity contribution < 1.29 is 14.6 Å². The number of benzene rings is 1. The van der Waals surface area contributed by atoms with Crippen molar-refractivity contribution in [1.82, 2.24) is 5.32 Å². The molecule has 0 spiro atoms. The van der Waals surface area contributed by atoms with Gasteiger partial charge in [0, 0.05) is 19.5 Å². The Balaban J connectivity index is 1.86. The molecule has 0 saturated heterocycles. The third kappa shape index (κ3) is 5.70. The van der Waals surface area contributed by atoms with E-state index >= 15 is 0 Å². The summed E-state index contributed by atoms with van der Waals surface area (Å²) in [5.41, 5.74) is 0.534. The first-order valence-corrected chi connectivity index (χ1v) is 8.77. The molecule has 5 nitrogen and oxygen atoms in total. The number of nitriles is 1. The second-order valence-corrected chi connectivity index (χ2v) is 6.48. The molecule has 2 rings (SSSR count). The highest BCUT2D eigenvalue weighted by Gasteiger charge is 2.28. The molecule has 0 atom stereocenters. The average molecular weight is 332 g/mol. The van der Waals surface area contributed by atoms with Gasteiger partial charge in [0.25, 0.3) is 0 Å². The lowest BCUT2D eigenvalue weighted by molar-refractivity contribution is 0.00467. The number of methoxy groups -OCH3 is 1. The highest BCUT2D eigenvalue weighted by molar-refractivity contribution is 5.42. The maximum atomic E-state index is 10.5. The largest absolute Gasteiger partial charge is 0.493 e. The highest BCUT2D eigenvalue weighted by atomic mass is 16.5. The van der Waals surface area contributed by atoms with E-state index in [1.807, 2.05) is 18.2 Å². The summed E-state index contributed by atoms with van der Waals surface area (Å²) in [5.74, 6) is 1.40. The van der Waals surface area contributed by atoms with E-state index in [9.17, 15) is 5.11 Å². The van der Waals surface area contributed by atoms with E-state index < -0.39 is 5.60 Å². The van der Waals surface area contributed by atoms with Crippen molar-refractivity contribution in [2.45, 2.75) is 57.1 Å². The number of aliphatic hydroxyl groups is 1. The third-order valence-corrected chi connectivity index (χ3v) is 4.49. The van der Waals surface area contributed by atoms with E-state index in [1.54, 1.807) is 7.11 Å². The van der Waals surface area contributed by atoms with Crippen LogP contribution in [-0.2, 0) is 6.54 Å². The topological polar surface area (TPSA) is 74.5 Å². The predicted molar refractivity (Wildman–Crippen MR) is 93.1 cm³/mol. The van der Waals surface area contributed by atoms with Gasteiger partial charge in [-0.25, -0.2) is 0 Å². The molecule has 0 heterocycles. The molecule has 2 N–H and O–H groups in total. The minimum Gasteiger partial charge on any atom is -0.493 e. The number of ether oxygens (including phenoxy) is 2.